The first kappa shape index (κ1) is 19.2. The van der Waals surface area contributed by atoms with Crippen LogP contribution in [0.25, 0.3) is 0 Å². The molecule has 0 aliphatic carbocycles. The van der Waals surface area contributed by atoms with Crippen molar-refractivity contribution in [1.29, 1.82) is 0 Å². The Labute approximate surface area is 178 Å². The smallest absolute Gasteiger partial charge is 0.327 e. The van der Waals surface area contributed by atoms with Crippen LogP contribution in [-0.4, -0.2) is 17.8 Å². The van der Waals surface area contributed by atoms with Gasteiger partial charge in [-0.25, -0.2) is 4.39 Å². The van der Waals surface area contributed by atoms with Crippen LogP contribution in [0.15, 0.2) is 72.8 Å². The molecule has 0 unspecified atom stereocenters. The lowest BCUT2D eigenvalue weighted by Crippen LogP contribution is -2.46. The number of hydrogen-bond acceptors (Lipinski definition) is 4. The molecule has 2 atom stereocenters. The number of rotatable bonds is 3. The zero-order valence-corrected chi connectivity index (χ0v) is 16.7. The molecule has 0 spiro atoms. The van der Waals surface area contributed by atoms with Crippen molar-refractivity contribution >= 4 is 23.5 Å². The number of esters is 1. The molecule has 0 saturated carbocycles. The highest BCUT2D eigenvalue weighted by Gasteiger charge is 2.62. The van der Waals surface area contributed by atoms with Crippen molar-refractivity contribution < 1.29 is 23.5 Å². The third kappa shape index (κ3) is 2.71. The van der Waals surface area contributed by atoms with E-state index in [4.69, 9.17) is 4.74 Å². The summed E-state index contributed by atoms with van der Waals surface area (Å²) in [6.07, 6.45) is -0.159. The van der Waals surface area contributed by atoms with Crippen molar-refractivity contribution in [1.82, 2.24) is 0 Å². The summed E-state index contributed by atoms with van der Waals surface area (Å²) in [7, 11) is 0. The van der Waals surface area contributed by atoms with Crippen molar-refractivity contribution in [2.45, 2.75) is 18.8 Å². The summed E-state index contributed by atoms with van der Waals surface area (Å²) >= 11 is 0. The predicted octanol–water partition coefficient (Wildman–Crippen LogP) is 3.92. The van der Waals surface area contributed by atoms with Gasteiger partial charge < -0.3 is 4.74 Å². The van der Waals surface area contributed by atoms with Crippen LogP contribution in [0, 0.1) is 18.7 Å². The first-order valence-corrected chi connectivity index (χ1v) is 9.94. The van der Waals surface area contributed by atoms with E-state index in [9.17, 15) is 18.8 Å². The highest BCUT2D eigenvalue weighted by Crippen LogP contribution is 2.52. The van der Waals surface area contributed by atoms with Gasteiger partial charge in [-0.05, 0) is 42.8 Å². The summed E-state index contributed by atoms with van der Waals surface area (Å²) in [5.41, 5.74) is 0.916. The lowest BCUT2D eigenvalue weighted by atomic mass is 9.65. The van der Waals surface area contributed by atoms with Crippen LogP contribution in [0.1, 0.15) is 23.1 Å². The maximum Gasteiger partial charge on any atom is 0.327 e. The summed E-state index contributed by atoms with van der Waals surface area (Å²) in [6, 6.07) is 19.5. The number of imide groups is 1. The molecule has 2 amide bonds. The van der Waals surface area contributed by atoms with E-state index in [0.717, 1.165) is 10.5 Å². The molecular weight excluding hydrogens is 397 g/mol. The van der Waals surface area contributed by atoms with Gasteiger partial charge in [0.25, 0.3) is 0 Å². The maximum atomic E-state index is 13.6. The van der Waals surface area contributed by atoms with Gasteiger partial charge in [0.1, 0.15) is 17.0 Å². The Balaban J connectivity index is 1.71. The van der Waals surface area contributed by atoms with Gasteiger partial charge in [0.05, 0.1) is 11.6 Å². The summed E-state index contributed by atoms with van der Waals surface area (Å²) < 4.78 is 19.0. The van der Waals surface area contributed by atoms with E-state index in [1.807, 2.05) is 25.1 Å². The number of halogens is 1. The van der Waals surface area contributed by atoms with E-state index < -0.39 is 34.9 Å². The number of anilines is 1. The molecule has 3 aromatic rings. The van der Waals surface area contributed by atoms with Crippen molar-refractivity contribution in [2.24, 2.45) is 5.92 Å². The summed E-state index contributed by atoms with van der Waals surface area (Å²) in [6.45, 7) is 1.89. The Hall–Kier alpha value is -3.80. The molecule has 1 saturated heterocycles. The highest BCUT2D eigenvalue weighted by molar-refractivity contribution is 6.23. The van der Waals surface area contributed by atoms with Crippen LogP contribution < -0.4 is 9.64 Å². The van der Waals surface area contributed by atoms with E-state index in [-0.39, 0.29) is 12.1 Å². The quantitative estimate of drug-likeness (QED) is 0.370. The number of carbonyl (C=O) groups is 3. The second-order valence-electron chi connectivity index (χ2n) is 7.86. The van der Waals surface area contributed by atoms with Crippen molar-refractivity contribution in [3.05, 3.63) is 95.3 Å². The van der Waals surface area contributed by atoms with Gasteiger partial charge in [-0.1, -0.05) is 48.0 Å². The van der Waals surface area contributed by atoms with Crippen LogP contribution in [0.4, 0.5) is 10.1 Å². The molecule has 154 valence electrons. The number of nitrogens with zero attached hydrogens (tertiary/aromatic N) is 1. The fraction of sp³-hybridized carbons (Fsp3) is 0.160. The van der Waals surface area contributed by atoms with Crippen LogP contribution in [0.5, 0.6) is 5.75 Å². The lowest BCUT2D eigenvalue weighted by Gasteiger charge is -2.31. The second-order valence-corrected chi connectivity index (χ2v) is 7.86. The third-order valence-corrected chi connectivity index (χ3v) is 6.07. The minimum Gasteiger partial charge on any atom is -0.425 e. The number of amides is 2. The van der Waals surface area contributed by atoms with E-state index in [1.54, 1.807) is 30.3 Å². The average molecular weight is 415 g/mol. The van der Waals surface area contributed by atoms with Crippen molar-refractivity contribution in [3.8, 4) is 5.75 Å². The van der Waals surface area contributed by atoms with E-state index in [0.29, 0.717) is 16.9 Å². The Morgan fingerprint density at radius 1 is 0.968 bits per heavy atom. The molecular formula is C25H18FNO4. The maximum absolute atomic E-state index is 13.6. The van der Waals surface area contributed by atoms with Gasteiger partial charge in [0.2, 0.25) is 11.8 Å². The minimum absolute atomic E-state index is 0.159. The highest BCUT2D eigenvalue weighted by atomic mass is 19.1. The first-order chi connectivity index (χ1) is 14.9. The number of fused-ring (bicyclic) bond motifs is 1. The molecule has 0 N–H and O–H groups in total. The normalized spacial score (nSPS) is 22.6. The van der Waals surface area contributed by atoms with Crippen molar-refractivity contribution in [2.75, 3.05) is 4.90 Å². The van der Waals surface area contributed by atoms with Crippen LogP contribution in [0.2, 0.25) is 0 Å². The number of hydrogen-bond donors (Lipinski definition) is 0. The molecule has 0 bridgehead atoms. The Kier molecular flexibility index (Phi) is 4.25. The third-order valence-electron chi connectivity index (χ3n) is 6.07. The standard InChI is InChI=1S/C25H18FNO4/c1-15-7-12-21-19(13-15)25(24(30)31-21,16-5-3-2-4-6-16)20-14-22(28)27(23(20)29)18-10-8-17(26)9-11-18/h2-13,20H,14H2,1H3/t20-,25+/m1/s1. The molecule has 2 heterocycles. The first-order valence-electron chi connectivity index (χ1n) is 9.94. The SMILES string of the molecule is Cc1ccc2c(c1)[C@@](c1ccccc1)([C@@H]1CC(=O)N(c3ccc(F)cc3)C1=O)C(=O)O2. The number of carbonyl (C=O) groups excluding carboxylic acids is 3. The zero-order valence-electron chi connectivity index (χ0n) is 16.7. The molecule has 0 aromatic heterocycles. The van der Waals surface area contributed by atoms with E-state index in [2.05, 4.69) is 0 Å². The monoisotopic (exact) mass is 415 g/mol. The van der Waals surface area contributed by atoms with Crippen LogP contribution in [0.3, 0.4) is 0 Å². The molecule has 3 aromatic carbocycles. The van der Waals surface area contributed by atoms with E-state index in [1.165, 1.54) is 24.3 Å². The van der Waals surface area contributed by atoms with E-state index >= 15 is 0 Å². The number of aryl methyl sites for hydroxylation is 1. The van der Waals surface area contributed by atoms with Gasteiger partial charge in [-0.2, -0.15) is 0 Å². The number of ether oxygens (including phenoxy) is 1. The predicted molar refractivity (Wildman–Crippen MR) is 111 cm³/mol. The molecule has 5 rings (SSSR count). The molecule has 2 aliphatic heterocycles. The van der Waals surface area contributed by atoms with Gasteiger partial charge in [-0.15, -0.1) is 0 Å². The average Bonchev–Trinajstić information content (AvgIpc) is 3.22. The largest absolute Gasteiger partial charge is 0.425 e. The lowest BCUT2D eigenvalue weighted by molar-refractivity contribution is -0.141. The van der Waals surface area contributed by atoms with Crippen LogP contribution in [-0.2, 0) is 19.8 Å². The Morgan fingerprint density at radius 2 is 1.68 bits per heavy atom. The minimum atomic E-state index is -1.44. The molecule has 0 radical (unpaired) electrons. The summed E-state index contributed by atoms with van der Waals surface area (Å²) in [4.78, 5) is 41.0. The topological polar surface area (TPSA) is 63.7 Å². The number of benzene rings is 3. The summed E-state index contributed by atoms with van der Waals surface area (Å²) in [5.74, 6) is -2.59. The molecule has 6 heteroatoms. The zero-order chi connectivity index (χ0) is 21.8. The molecule has 1 fully saturated rings. The molecule has 5 nitrogen and oxygen atoms in total. The van der Waals surface area contributed by atoms with Gasteiger partial charge in [0.15, 0.2) is 0 Å². The van der Waals surface area contributed by atoms with Gasteiger partial charge in [0, 0.05) is 12.0 Å². The van der Waals surface area contributed by atoms with Crippen LogP contribution >= 0.6 is 0 Å². The fourth-order valence-corrected chi connectivity index (χ4v) is 4.67. The van der Waals surface area contributed by atoms with Gasteiger partial charge >= 0.3 is 5.97 Å². The van der Waals surface area contributed by atoms with Gasteiger partial charge in [-0.3, -0.25) is 19.3 Å². The molecule has 31 heavy (non-hydrogen) atoms. The Morgan fingerprint density at radius 3 is 2.39 bits per heavy atom. The fourth-order valence-electron chi connectivity index (χ4n) is 4.67. The Bertz CT molecular complexity index is 1220. The summed E-state index contributed by atoms with van der Waals surface area (Å²) in [5, 5.41) is 0. The molecule has 2 aliphatic rings. The second kappa shape index (κ2) is 6.87. The van der Waals surface area contributed by atoms with Crippen molar-refractivity contribution in [3.63, 3.8) is 0 Å².